The van der Waals surface area contributed by atoms with Gasteiger partial charge in [-0.05, 0) is 28.1 Å². The minimum atomic E-state index is 0.213. The number of ether oxygens (including phenoxy) is 2. The van der Waals surface area contributed by atoms with Gasteiger partial charge in [0.25, 0.3) is 0 Å². The molecule has 0 amide bonds. The summed E-state index contributed by atoms with van der Waals surface area (Å²) in [7, 11) is 1.58. The highest BCUT2D eigenvalue weighted by Gasteiger charge is 2.01. The van der Waals surface area contributed by atoms with E-state index < -0.39 is 0 Å². The molecule has 0 radical (unpaired) electrons. The van der Waals surface area contributed by atoms with Gasteiger partial charge in [-0.1, -0.05) is 0 Å². The van der Waals surface area contributed by atoms with Crippen LogP contribution in [0, 0.1) is 0 Å². The van der Waals surface area contributed by atoms with Crippen LogP contribution >= 0.6 is 15.9 Å². The zero-order valence-corrected chi connectivity index (χ0v) is 9.19. The van der Waals surface area contributed by atoms with Gasteiger partial charge in [0, 0.05) is 23.8 Å². The van der Waals surface area contributed by atoms with E-state index >= 15 is 0 Å². The van der Waals surface area contributed by atoms with Crippen LogP contribution in [0.15, 0.2) is 28.9 Å². The molecule has 0 fully saturated rings. The summed E-state index contributed by atoms with van der Waals surface area (Å²) in [4.78, 5) is 0. The van der Waals surface area contributed by atoms with Crippen LogP contribution in [-0.4, -0.2) is 23.5 Å². The van der Waals surface area contributed by atoms with Crippen molar-refractivity contribution in [2.45, 2.75) is 0 Å². The van der Waals surface area contributed by atoms with Crippen molar-refractivity contribution in [1.29, 1.82) is 0 Å². The maximum Gasteiger partial charge on any atom is 0.235 e. The molecule has 0 aromatic carbocycles. The molecule has 74 valence electrons. The van der Waals surface area contributed by atoms with Crippen LogP contribution in [0.5, 0.6) is 5.88 Å². The molecule has 4 nitrogen and oxygen atoms in total. The van der Waals surface area contributed by atoms with E-state index in [1.54, 1.807) is 11.6 Å². The Balaban J connectivity index is 2.32. The molecule has 5 heteroatoms. The maximum absolute atomic E-state index is 5.21. The van der Waals surface area contributed by atoms with Crippen molar-refractivity contribution >= 4 is 21.4 Å². The Morgan fingerprint density at radius 1 is 1.50 bits per heavy atom. The highest BCUT2D eigenvalue weighted by molar-refractivity contribution is 9.10. The highest BCUT2D eigenvalue weighted by atomic mass is 79.9. The van der Waals surface area contributed by atoms with Crippen LogP contribution in [-0.2, 0) is 4.74 Å². The van der Waals surface area contributed by atoms with E-state index in [1.807, 2.05) is 24.4 Å². The zero-order valence-electron chi connectivity index (χ0n) is 7.61. The van der Waals surface area contributed by atoms with Crippen LogP contribution < -0.4 is 4.74 Å². The summed E-state index contributed by atoms with van der Waals surface area (Å²) in [5.74, 6) is 0.560. The van der Waals surface area contributed by atoms with Crippen LogP contribution in [0.2, 0.25) is 0 Å². The number of pyridine rings is 1. The topological polar surface area (TPSA) is 35.8 Å². The SMILES string of the molecule is COCOc1cc2ccc(Br)cn2n1. The quantitative estimate of drug-likeness (QED) is 0.790. The summed E-state index contributed by atoms with van der Waals surface area (Å²) in [6, 6.07) is 5.76. The van der Waals surface area contributed by atoms with Crippen LogP contribution in [0.25, 0.3) is 5.52 Å². The maximum atomic E-state index is 5.21. The fourth-order valence-corrected chi connectivity index (χ4v) is 1.45. The summed E-state index contributed by atoms with van der Waals surface area (Å²) in [5, 5.41) is 4.20. The van der Waals surface area contributed by atoms with Crippen molar-refractivity contribution in [2.75, 3.05) is 13.9 Å². The molecule has 0 bridgehead atoms. The molecule has 0 aliphatic carbocycles. The molecule has 0 saturated carbocycles. The Kier molecular flexibility index (Phi) is 2.69. The van der Waals surface area contributed by atoms with Crippen molar-refractivity contribution in [3.63, 3.8) is 0 Å². The van der Waals surface area contributed by atoms with Gasteiger partial charge in [0.2, 0.25) is 5.88 Å². The first-order chi connectivity index (χ1) is 6.79. The number of hydrogen-bond acceptors (Lipinski definition) is 3. The standard InChI is InChI=1S/C9H9BrN2O2/c1-13-6-14-9-4-8-3-2-7(10)5-12(8)11-9/h2-5H,6H2,1H3. The summed E-state index contributed by atoms with van der Waals surface area (Å²) < 4.78 is 12.7. The van der Waals surface area contributed by atoms with Gasteiger partial charge in [0.1, 0.15) is 0 Å². The largest absolute Gasteiger partial charge is 0.449 e. The number of halogens is 1. The van der Waals surface area contributed by atoms with Gasteiger partial charge in [-0.2, -0.15) is 0 Å². The lowest BCUT2D eigenvalue weighted by Crippen LogP contribution is -1.99. The lowest BCUT2D eigenvalue weighted by molar-refractivity contribution is 0.0476. The zero-order chi connectivity index (χ0) is 9.97. The minimum absolute atomic E-state index is 0.213. The van der Waals surface area contributed by atoms with E-state index in [2.05, 4.69) is 21.0 Å². The van der Waals surface area contributed by atoms with Gasteiger partial charge in [-0.3, -0.25) is 0 Å². The second-order valence-electron chi connectivity index (χ2n) is 2.75. The summed E-state index contributed by atoms with van der Waals surface area (Å²) in [5.41, 5.74) is 0.985. The first kappa shape index (κ1) is 9.48. The van der Waals surface area contributed by atoms with Crippen molar-refractivity contribution < 1.29 is 9.47 Å². The van der Waals surface area contributed by atoms with E-state index in [4.69, 9.17) is 9.47 Å². The van der Waals surface area contributed by atoms with Crippen LogP contribution in [0.3, 0.4) is 0 Å². The number of fused-ring (bicyclic) bond motifs is 1. The monoisotopic (exact) mass is 256 g/mol. The molecule has 2 aromatic rings. The summed E-state index contributed by atoms with van der Waals surface area (Å²) in [6.07, 6.45) is 1.87. The molecule has 0 atom stereocenters. The predicted molar refractivity (Wildman–Crippen MR) is 55.4 cm³/mol. The first-order valence-corrected chi connectivity index (χ1v) is 4.85. The Morgan fingerprint density at radius 2 is 2.36 bits per heavy atom. The third kappa shape index (κ3) is 1.88. The average molecular weight is 257 g/mol. The molecule has 0 aliphatic rings. The predicted octanol–water partition coefficient (Wildman–Crippen LogP) is 2.08. The third-order valence-corrected chi connectivity index (χ3v) is 2.19. The van der Waals surface area contributed by atoms with Gasteiger partial charge in [0.05, 0.1) is 5.52 Å². The van der Waals surface area contributed by atoms with Gasteiger partial charge in [0.15, 0.2) is 6.79 Å². The van der Waals surface area contributed by atoms with Gasteiger partial charge < -0.3 is 9.47 Å². The number of nitrogens with zero attached hydrogens (tertiary/aromatic N) is 2. The molecule has 14 heavy (non-hydrogen) atoms. The van der Waals surface area contributed by atoms with Crippen LogP contribution in [0.1, 0.15) is 0 Å². The van der Waals surface area contributed by atoms with Crippen molar-refractivity contribution in [3.05, 3.63) is 28.9 Å². The number of rotatable bonds is 3. The molecule has 2 aromatic heterocycles. The fourth-order valence-electron chi connectivity index (χ4n) is 1.13. The number of aromatic nitrogens is 2. The van der Waals surface area contributed by atoms with E-state index in [9.17, 15) is 0 Å². The summed E-state index contributed by atoms with van der Waals surface area (Å²) in [6.45, 7) is 0.213. The van der Waals surface area contributed by atoms with Crippen molar-refractivity contribution in [2.24, 2.45) is 0 Å². The molecule has 0 N–H and O–H groups in total. The molecule has 0 spiro atoms. The van der Waals surface area contributed by atoms with E-state index in [0.29, 0.717) is 5.88 Å². The highest BCUT2D eigenvalue weighted by Crippen LogP contribution is 2.16. The molecule has 0 unspecified atom stereocenters. The van der Waals surface area contributed by atoms with Gasteiger partial charge in [-0.25, -0.2) is 4.52 Å². The molecule has 0 saturated heterocycles. The molecular formula is C9H9BrN2O2. The average Bonchev–Trinajstić information content (AvgIpc) is 2.56. The first-order valence-electron chi connectivity index (χ1n) is 4.06. The fraction of sp³-hybridized carbons (Fsp3) is 0.222. The lowest BCUT2D eigenvalue weighted by atomic mass is 10.4. The smallest absolute Gasteiger partial charge is 0.235 e. The molecular weight excluding hydrogens is 248 g/mol. The molecule has 2 heterocycles. The normalized spacial score (nSPS) is 10.7. The van der Waals surface area contributed by atoms with E-state index in [1.165, 1.54) is 0 Å². The Hall–Kier alpha value is -1.07. The molecule has 0 aliphatic heterocycles. The van der Waals surface area contributed by atoms with E-state index in [0.717, 1.165) is 9.99 Å². The Morgan fingerprint density at radius 3 is 3.14 bits per heavy atom. The second kappa shape index (κ2) is 3.98. The molecule has 2 rings (SSSR count). The number of methoxy groups -OCH3 is 1. The van der Waals surface area contributed by atoms with Gasteiger partial charge >= 0.3 is 0 Å². The third-order valence-electron chi connectivity index (χ3n) is 1.73. The Bertz CT molecular complexity index is 441. The van der Waals surface area contributed by atoms with E-state index in [-0.39, 0.29) is 6.79 Å². The van der Waals surface area contributed by atoms with Crippen LogP contribution in [0.4, 0.5) is 0 Å². The minimum Gasteiger partial charge on any atom is -0.449 e. The lowest BCUT2D eigenvalue weighted by Gasteiger charge is -1.97. The Labute approximate surface area is 89.6 Å². The summed E-state index contributed by atoms with van der Waals surface area (Å²) >= 11 is 3.37. The van der Waals surface area contributed by atoms with Gasteiger partial charge in [-0.15, -0.1) is 5.10 Å². The number of hydrogen-bond donors (Lipinski definition) is 0. The van der Waals surface area contributed by atoms with Crippen molar-refractivity contribution in [1.82, 2.24) is 9.61 Å². The van der Waals surface area contributed by atoms with Crippen molar-refractivity contribution in [3.8, 4) is 5.88 Å². The second-order valence-corrected chi connectivity index (χ2v) is 3.67.